The van der Waals surface area contributed by atoms with E-state index >= 15 is 0 Å². The van der Waals surface area contributed by atoms with Crippen molar-refractivity contribution in [2.45, 2.75) is 45.1 Å². The molecule has 6 nitrogen and oxygen atoms in total. The van der Waals surface area contributed by atoms with Crippen LogP contribution in [-0.4, -0.2) is 44.5 Å². The Morgan fingerprint density at radius 3 is 2.65 bits per heavy atom. The number of nitrogens with one attached hydrogen (secondary N) is 1. The number of H-pyrrole nitrogens is 1. The maximum atomic E-state index is 13.9. The van der Waals surface area contributed by atoms with Crippen molar-refractivity contribution in [2.75, 3.05) is 13.1 Å². The van der Waals surface area contributed by atoms with Crippen LogP contribution in [0, 0.1) is 5.82 Å². The molecule has 3 N–H and O–H groups in total. The summed E-state index contributed by atoms with van der Waals surface area (Å²) in [4.78, 5) is 17.5. The van der Waals surface area contributed by atoms with E-state index in [1.807, 2.05) is 6.20 Å². The average molecular weight is 357 g/mol. The van der Waals surface area contributed by atoms with Crippen molar-refractivity contribution in [3.63, 3.8) is 0 Å². The van der Waals surface area contributed by atoms with Crippen molar-refractivity contribution >= 4 is 22.6 Å². The first-order chi connectivity index (χ1) is 12.3. The number of nitrogens with zero attached hydrogens (tertiary/aromatic N) is 3. The van der Waals surface area contributed by atoms with E-state index in [9.17, 15) is 9.18 Å². The van der Waals surface area contributed by atoms with E-state index in [1.54, 1.807) is 4.52 Å². The van der Waals surface area contributed by atoms with Crippen LogP contribution in [0.15, 0.2) is 18.3 Å². The number of fused-ring (bicyclic) bond motifs is 3. The molecule has 1 aliphatic rings. The third kappa shape index (κ3) is 2.49. The molecule has 3 heterocycles. The fourth-order valence-electron chi connectivity index (χ4n) is 4.12. The molecule has 1 saturated heterocycles. The number of piperidine rings is 1. The van der Waals surface area contributed by atoms with Gasteiger partial charge in [-0.2, -0.15) is 5.10 Å². The van der Waals surface area contributed by atoms with Crippen molar-refractivity contribution < 1.29 is 9.18 Å². The van der Waals surface area contributed by atoms with E-state index in [-0.39, 0.29) is 11.0 Å². The van der Waals surface area contributed by atoms with Gasteiger partial charge >= 0.3 is 0 Å². The standard InChI is InChI=1S/C19H24FN5O/c1-11(2)24-6-4-19(3,5-7-24)14-10-22-25-16-13(17(21)26)8-12(20)9-15(16)23-18(14)25/h8-11,23H,4-7H2,1-3H3,(H2,21,26). The molecule has 7 heteroatoms. The summed E-state index contributed by atoms with van der Waals surface area (Å²) < 4.78 is 15.6. The molecule has 0 spiro atoms. The van der Waals surface area contributed by atoms with E-state index in [1.165, 1.54) is 12.1 Å². The van der Waals surface area contributed by atoms with Gasteiger partial charge in [0.15, 0.2) is 0 Å². The van der Waals surface area contributed by atoms with Crippen LogP contribution < -0.4 is 5.73 Å². The number of likely N-dealkylation sites (tertiary alicyclic amines) is 1. The number of imidazole rings is 1. The molecule has 0 aliphatic carbocycles. The van der Waals surface area contributed by atoms with Gasteiger partial charge in [-0.05, 0) is 51.9 Å². The molecular formula is C19H24FN5O. The smallest absolute Gasteiger partial charge is 0.251 e. The van der Waals surface area contributed by atoms with Gasteiger partial charge in [0.1, 0.15) is 17.0 Å². The SMILES string of the molecule is CC(C)N1CCC(C)(c2cnn3c2[nH]c2cc(F)cc(C(N)=O)c23)CC1. The van der Waals surface area contributed by atoms with Crippen LogP contribution in [0.3, 0.4) is 0 Å². The monoisotopic (exact) mass is 357 g/mol. The molecule has 1 aliphatic heterocycles. The van der Waals surface area contributed by atoms with Crippen LogP contribution in [0.4, 0.5) is 4.39 Å². The molecule has 0 radical (unpaired) electrons. The minimum absolute atomic E-state index is 0.0144. The molecule has 138 valence electrons. The summed E-state index contributed by atoms with van der Waals surface area (Å²) in [5.41, 5.74) is 8.56. The Hall–Kier alpha value is -2.41. The summed E-state index contributed by atoms with van der Waals surface area (Å²) >= 11 is 0. The van der Waals surface area contributed by atoms with Gasteiger partial charge in [-0.15, -0.1) is 0 Å². The number of hydrogen-bond acceptors (Lipinski definition) is 3. The zero-order valence-corrected chi connectivity index (χ0v) is 15.3. The fourth-order valence-corrected chi connectivity index (χ4v) is 4.12. The predicted molar refractivity (Wildman–Crippen MR) is 98.8 cm³/mol. The van der Waals surface area contributed by atoms with Crippen LogP contribution >= 0.6 is 0 Å². The number of halogens is 1. The van der Waals surface area contributed by atoms with Crippen LogP contribution in [0.25, 0.3) is 16.7 Å². The van der Waals surface area contributed by atoms with Gasteiger partial charge in [0.2, 0.25) is 0 Å². The lowest BCUT2D eigenvalue weighted by Crippen LogP contribution is -2.43. The lowest BCUT2D eigenvalue weighted by molar-refractivity contribution is 0.100. The lowest BCUT2D eigenvalue weighted by Gasteiger charge is -2.40. The molecule has 0 saturated carbocycles. The van der Waals surface area contributed by atoms with Crippen molar-refractivity contribution in [1.82, 2.24) is 19.5 Å². The summed E-state index contributed by atoms with van der Waals surface area (Å²) in [6, 6.07) is 3.09. The van der Waals surface area contributed by atoms with Crippen LogP contribution in [0.2, 0.25) is 0 Å². The summed E-state index contributed by atoms with van der Waals surface area (Å²) in [5.74, 6) is -1.15. The minimum atomic E-state index is -0.663. The molecule has 0 atom stereocenters. The number of primary amides is 1. The average Bonchev–Trinajstić information content (AvgIpc) is 3.12. The summed E-state index contributed by atoms with van der Waals surface area (Å²) in [6.45, 7) is 8.76. The molecule has 2 aromatic heterocycles. The second kappa shape index (κ2) is 5.81. The second-order valence-electron chi connectivity index (χ2n) is 7.85. The zero-order valence-electron chi connectivity index (χ0n) is 15.3. The van der Waals surface area contributed by atoms with Crippen molar-refractivity contribution in [1.29, 1.82) is 0 Å². The van der Waals surface area contributed by atoms with Gasteiger partial charge in [0.05, 0.1) is 17.3 Å². The Morgan fingerprint density at radius 1 is 1.35 bits per heavy atom. The largest absolute Gasteiger partial charge is 0.366 e. The Labute approximate surface area is 151 Å². The number of carbonyl (C=O) groups is 1. The van der Waals surface area contributed by atoms with E-state index < -0.39 is 11.7 Å². The number of amides is 1. The third-order valence-electron chi connectivity index (χ3n) is 5.86. The number of aromatic amines is 1. The normalized spacial score (nSPS) is 18.2. The minimum Gasteiger partial charge on any atom is -0.366 e. The van der Waals surface area contributed by atoms with Crippen molar-refractivity contribution in [2.24, 2.45) is 5.73 Å². The molecular weight excluding hydrogens is 333 g/mol. The first kappa shape index (κ1) is 17.0. The van der Waals surface area contributed by atoms with Gasteiger partial charge in [0.25, 0.3) is 5.91 Å². The Morgan fingerprint density at radius 2 is 2.04 bits per heavy atom. The molecule has 4 rings (SSSR count). The van der Waals surface area contributed by atoms with Gasteiger partial charge in [-0.1, -0.05) is 6.92 Å². The van der Waals surface area contributed by atoms with Crippen LogP contribution in [-0.2, 0) is 5.41 Å². The second-order valence-corrected chi connectivity index (χ2v) is 7.85. The molecule has 1 amide bonds. The van der Waals surface area contributed by atoms with E-state index in [4.69, 9.17) is 5.73 Å². The number of aromatic nitrogens is 3. The van der Waals surface area contributed by atoms with Gasteiger partial charge < -0.3 is 15.6 Å². The Kier molecular flexibility index (Phi) is 3.80. The van der Waals surface area contributed by atoms with E-state index in [0.717, 1.165) is 37.1 Å². The molecule has 0 bridgehead atoms. The van der Waals surface area contributed by atoms with Crippen molar-refractivity contribution in [3.8, 4) is 0 Å². The maximum Gasteiger partial charge on any atom is 0.251 e. The first-order valence-corrected chi connectivity index (χ1v) is 9.03. The molecule has 1 aromatic carbocycles. The molecule has 26 heavy (non-hydrogen) atoms. The Balaban J connectivity index is 1.83. The maximum absolute atomic E-state index is 13.9. The van der Waals surface area contributed by atoms with Gasteiger partial charge in [0, 0.05) is 17.0 Å². The summed E-state index contributed by atoms with van der Waals surface area (Å²) in [6.07, 6.45) is 3.92. The van der Waals surface area contributed by atoms with Gasteiger partial charge in [-0.25, -0.2) is 8.91 Å². The number of hydrogen-bond donors (Lipinski definition) is 2. The highest BCUT2D eigenvalue weighted by atomic mass is 19.1. The first-order valence-electron chi connectivity index (χ1n) is 9.03. The van der Waals surface area contributed by atoms with Crippen molar-refractivity contribution in [3.05, 3.63) is 35.3 Å². The molecule has 3 aromatic rings. The number of rotatable bonds is 3. The van der Waals surface area contributed by atoms with Crippen LogP contribution in [0.5, 0.6) is 0 Å². The predicted octanol–water partition coefficient (Wildman–Crippen LogP) is 2.82. The van der Waals surface area contributed by atoms with E-state index in [2.05, 4.69) is 35.8 Å². The fraction of sp³-hybridized carbons (Fsp3) is 0.474. The summed E-state index contributed by atoms with van der Waals surface area (Å²) in [7, 11) is 0. The number of nitrogens with two attached hydrogens (primary N) is 1. The highest BCUT2D eigenvalue weighted by Gasteiger charge is 2.35. The van der Waals surface area contributed by atoms with Crippen LogP contribution in [0.1, 0.15) is 49.5 Å². The highest BCUT2D eigenvalue weighted by Crippen LogP contribution is 2.38. The Bertz CT molecular complexity index is 994. The quantitative estimate of drug-likeness (QED) is 0.756. The lowest BCUT2D eigenvalue weighted by atomic mass is 9.75. The number of carbonyl (C=O) groups excluding carboxylic acids is 1. The van der Waals surface area contributed by atoms with Gasteiger partial charge in [-0.3, -0.25) is 4.79 Å². The molecule has 0 unspecified atom stereocenters. The number of benzene rings is 1. The topological polar surface area (TPSA) is 79.4 Å². The zero-order chi connectivity index (χ0) is 18.6. The summed E-state index contributed by atoms with van der Waals surface area (Å²) in [5, 5.41) is 4.50. The van der Waals surface area contributed by atoms with E-state index in [0.29, 0.717) is 17.1 Å². The third-order valence-corrected chi connectivity index (χ3v) is 5.86. The molecule has 1 fully saturated rings. The highest BCUT2D eigenvalue weighted by molar-refractivity contribution is 6.05.